The van der Waals surface area contributed by atoms with Gasteiger partial charge in [0.1, 0.15) is 0 Å². The molecule has 1 fully saturated rings. The molecule has 1 aromatic heterocycles. The summed E-state index contributed by atoms with van der Waals surface area (Å²) in [6, 6.07) is 16.9. The van der Waals surface area contributed by atoms with E-state index >= 15 is 0 Å². The summed E-state index contributed by atoms with van der Waals surface area (Å²) in [4.78, 5) is 21.7. The van der Waals surface area contributed by atoms with Gasteiger partial charge in [-0.2, -0.15) is 11.8 Å². The minimum absolute atomic E-state index is 0.296. The summed E-state index contributed by atoms with van der Waals surface area (Å²) >= 11 is 3.66. The zero-order valence-corrected chi connectivity index (χ0v) is 18.5. The highest BCUT2D eigenvalue weighted by atomic mass is 32.2. The molecule has 29 heavy (non-hydrogen) atoms. The third kappa shape index (κ3) is 5.11. The molecule has 0 N–H and O–H groups in total. The summed E-state index contributed by atoms with van der Waals surface area (Å²) in [7, 11) is 0. The molecule has 6 heteroatoms. The Balaban J connectivity index is 1.19. The number of fused-ring (bicyclic) bond motifs is 1. The summed E-state index contributed by atoms with van der Waals surface area (Å²) in [5, 5.41) is 1.08. The van der Waals surface area contributed by atoms with Gasteiger partial charge < -0.3 is 9.80 Å². The lowest BCUT2D eigenvalue weighted by molar-refractivity contribution is -0.131. The Bertz CT molecular complexity index is 949. The number of hydrogen-bond acceptors (Lipinski definition) is 5. The van der Waals surface area contributed by atoms with Crippen molar-refractivity contribution < 1.29 is 4.79 Å². The second-order valence-electron chi connectivity index (χ2n) is 7.43. The lowest BCUT2D eigenvalue weighted by Gasteiger charge is -2.34. The van der Waals surface area contributed by atoms with Gasteiger partial charge in [-0.25, -0.2) is 4.98 Å². The van der Waals surface area contributed by atoms with E-state index in [0.29, 0.717) is 12.3 Å². The van der Waals surface area contributed by atoms with Crippen LogP contribution in [0.15, 0.2) is 48.5 Å². The molecule has 0 spiro atoms. The number of thioether (sulfide) groups is 1. The standard InChI is InChI=1S/C23H27N3OS2/c1-18-7-5-10-20-22(18)24-23(29-20)26-14-12-25(13-15-26)21(27)11-6-16-28-17-19-8-3-2-4-9-19/h2-5,7-10H,6,11-17H2,1H3. The normalized spacial score (nSPS) is 14.5. The van der Waals surface area contributed by atoms with Crippen molar-refractivity contribution in [3.63, 3.8) is 0 Å². The first kappa shape index (κ1) is 20.2. The van der Waals surface area contributed by atoms with Gasteiger partial charge >= 0.3 is 0 Å². The van der Waals surface area contributed by atoms with Crippen molar-refractivity contribution in [2.75, 3.05) is 36.8 Å². The van der Waals surface area contributed by atoms with Crippen molar-refractivity contribution in [1.82, 2.24) is 9.88 Å². The van der Waals surface area contributed by atoms with E-state index in [1.54, 1.807) is 11.3 Å². The van der Waals surface area contributed by atoms with Crippen molar-refractivity contribution in [2.24, 2.45) is 0 Å². The van der Waals surface area contributed by atoms with Gasteiger partial charge in [0, 0.05) is 38.4 Å². The van der Waals surface area contributed by atoms with Crippen molar-refractivity contribution >= 4 is 44.4 Å². The summed E-state index contributed by atoms with van der Waals surface area (Å²) < 4.78 is 1.24. The van der Waals surface area contributed by atoms with E-state index in [4.69, 9.17) is 4.98 Å². The van der Waals surface area contributed by atoms with Crippen LogP contribution in [0.3, 0.4) is 0 Å². The average molecular weight is 426 g/mol. The first-order valence-electron chi connectivity index (χ1n) is 10.2. The van der Waals surface area contributed by atoms with Gasteiger partial charge in [-0.1, -0.05) is 53.8 Å². The molecule has 1 aliphatic heterocycles. The molecule has 0 radical (unpaired) electrons. The van der Waals surface area contributed by atoms with Gasteiger partial charge in [-0.3, -0.25) is 4.79 Å². The molecule has 1 amide bonds. The maximum atomic E-state index is 12.5. The van der Waals surface area contributed by atoms with Gasteiger partial charge in [0.2, 0.25) is 5.91 Å². The molecule has 4 nitrogen and oxygen atoms in total. The SMILES string of the molecule is Cc1cccc2sc(N3CCN(C(=O)CCCSCc4ccccc4)CC3)nc12. The number of hydrogen-bond donors (Lipinski definition) is 0. The van der Waals surface area contributed by atoms with E-state index in [1.807, 2.05) is 22.7 Å². The van der Waals surface area contributed by atoms with Crippen molar-refractivity contribution in [1.29, 1.82) is 0 Å². The lowest BCUT2D eigenvalue weighted by Crippen LogP contribution is -2.48. The lowest BCUT2D eigenvalue weighted by atomic mass is 10.2. The number of aryl methyl sites for hydroxylation is 1. The molecule has 2 heterocycles. The van der Waals surface area contributed by atoms with Crippen molar-refractivity contribution in [3.05, 3.63) is 59.7 Å². The molecule has 0 unspecified atom stereocenters. The summed E-state index contributed by atoms with van der Waals surface area (Å²) in [5.74, 6) is 2.35. The van der Waals surface area contributed by atoms with E-state index in [0.717, 1.165) is 54.8 Å². The minimum atomic E-state index is 0.296. The van der Waals surface area contributed by atoms with Crippen LogP contribution >= 0.6 is 23.1 Å². The number of para-hydroxylation sites is 1. The van der Waals surface area contributed by atoms with E-state index < -0.39 is 0 Å². The van der Waals surface area contributed by atoms with Gasteiger partial charge in [0.25, 0.3) is 0 Å². The number of carbonyl (C=O) groups is 1. The highest BCUT2D eigenvalue weighted by molar-refractivity contribution is 7.98. The summed E-state index contributed by atoms with van der Waals surface area (Å²) in [6.07, 6.45) is 1.61. The molecule has 1 saturated heterocycles. The van der Waals surface area contributed by atoms with Crippen LogP contribution in [0.2, 0.25) is 0 Å². The van der Waals surface area contributed by atoms with E-state index in [9.17, 15) is 4.79 Å². The van der Waals surface area contributed by atoms with Crippen LogP contribution in [0, 0.1) is 6.92 Å². The highest BCUT2D eigenvalue weighted by Crippen LogP contribution is 2.31. The van der Waals surface area contributed by atoms with Crippen LogP contribution in [0.25, 0.3) is 10.2 Å². The number of aromatic nitrogens is 1. The Labute approximate surface area is 180 Å². The van der Waals surface area contributed by atoms with E-state index in [1.165, 1.54) is 15.8 Å². The Morgan fingerprint density at radius 1 is 1.07 bits per heavy atom. The van der Waals surface area contributed by atoms with Crippen LogP contribution in [-0.4, -0.2) is 47.7 Å². The smallest absolute Gasteiger partial charge is 0.222 e. The molecule has 3 aromatic rings. The zero-order valence-electron chi connectivity index (χ0n) is 16.8. The highest BCUT2D eigenvalue weighted by Gasteiger charge is 2.23. The maximum Gasteiger partial charge on any atom is 0.222 e. The fourth-order valence-corrected chi connectivity index (χ4v) is 5.62. The first-order valence-corrected chi connectivity index (χ1v) is 12.2. The first-order chi connectivity index (χ1) is 14.2. The topological polar surface area (TPSA) is 36.4 Å². The monoisotopic (exact) mass is 425 g/mol. The average Bonchev–Trinajstić information content (AvgIpc) is 3.20. The van der Waals surface area contributed by atoms with Crippen molar-refractivity contribution in [3.8, 4) is 0 Å². The molecule has 2 aromatic carbocycles. The van der Waals surface area contributed by atoms with Crippen molar-refractivity contribution in [2.45, 2.75) is 25.5 Å². The molecule has 0 bridgehead atoms. The Morgan fingerprint density at radius 3 is 2.62 bits per heavy atom. The van der Waals surface area contributed by atoms with E-state index in [-0.39, 0.29) is 0 Å². The number of anilines is 1. The quantitative estimate of drug-likeness (QED) is 0.501. The predicted molar refractivity (Wildman–Crippen MR) is 125 cm³/mol. The third-order valence-electron chi connectivity index (χ3n) is 5.30. The third-order valence-corrected chi connectivity index (χ3v) is 7.50. The fourth-order valence-electron chi connectivity index (χ4n) is 3.60. The number of nitrogens with zero attached hydrogens (tertiary/aromatic N) is 3. The molecule has 0 atom stereocenters. The molecule has 152 valence electrons. The van der Waals surface area contributed by atoms with Crippen LogP contribution in [0.4, 0.5) is 5.13 Å². The number of amides is 1. The second-order valence-corrected chi connectivity index (χ2v) is 9.54. The Hall–Kier alpha value is -2.05. The Kier molecular flexibility index (Phi) is 6.72. The number of benzene rings is 2. The van der Waals surface area contributed by atoms with Crippen LogP contribution in [-0.2, 0) is 10.5 Å². The van der Waals surface area contributed by atoms with Gasteiger partial charge in [0.15, 0.2) is 5.13 Å². The van der Waals surface area contributed by atoms with E-state index in [2.05, 4.69) is 54.3 Å². The van der Waals surface area contributed by atoms with Gasteiger partial charge in [-0.15, -0.1) is 0 Å². The number of rotatable bonds is 7. The predicted octanol–water partition coefficient (Wildman–Crippen LogP) is 4.97. The molecule has 4 rings (SSSR count). The van der Waals surface area contributed by atoms with Gasteiger partial charge in [0.05, 0.1) is 10.2 Å². The summed E-state index contributed by atoms with van der Waals surface area (Å²) in [5.41, 5.74) is 3.69. The molecular formula is C23H27N3OS2. The van der Waals surface area contributed by atoms with Gasteiger partial charge in [-0.05, 0) is 36.3 Å². The van der Waals surface area contributed by atoms with Crippen LogP contribution in [0.5, 0.6) is 0 Å². The second kappa shape index (κ2) is 9.63. The minimum Gasteiger partial charge on any atom is -0.345 e. The van der Waals surface area contributed by atoms with Crippen LogP contribution < -0.4 is 4.90 Å². The number of carbonyl (C=O) groups excluding carboxylic acids is 1. The molecular weight excluding hydrogens is 398 g/mol. The molecule has 0 aliphatic carbocycles. The number of thiazole rings is 1. The molecule has 0 saturated carbocycles. The number of piperazine rings is 1. The summed E-state index contributed by atoms with van der Waals surface area (Å²) in [6.45, 7) is 5.44. The largest absolute Gasteiger partial charge is 0.345 e. The Morgan fingerprint density at radius 2 is 1.86 bits per heavy atom. The maximum absolute atomic E-state index is 12.5. The molecule has 1 aliphatic rings. The fraction of sp³-hybridized carbons (Fsp3) is 0.391. The van der Waals surface area contributed by atoms with Crippen LogP contribution in [0.1, 0.15) is 24.0 Å². The zero-order chi connectivity index (χ0) is 20.1.